The van der Waals surface area contributed by atoms with E-state index in [2.05, 4.69) is 5.32 Å². The number of hydrogen-bond donors (Lipinski definition) is 2. The summed E-state index contributed by atoms with van der Waals surface area (Å²) in [5.41, 5.74) is 7.02. The molecular formula is C15H22N2O3S. The number of carbonyl (C=O) groups excluding carboxylic acids is 1. The Bertz CT molecular complexity index is 586. The van der Waals surface area contributed by atoms with Gasteiger partial charge in [0.15, 0.2) is 9.84 Å². The highest BCUT2D eigenvalue weighted by Gasteiger charge is 2.29. The maximum atomic E-state index is 12.3. The second kappa shape index (κ2) is 6.58. The Morgan fingerprint density at radius 2 is 2.00 bits per heavy atom. The van der Waals surface area contributed by atoms with Crippen LogP contribution in [0.2, 0.25) is 0 Å². The Kier molecular flexibility index (Phi) is 5.00. The number of sulfone groups is 1. The molecule has 21 heavy (non-hydrogen) atoms. The standard InChI is InChI=1S/C15H22N2O3S/c1-11(14(16)12-6-3-2-4-7-12)15(18)17-13-8-5-9-21(19,20)10-13/h2-4,6-7,11,13-14H,5,8-10,16H2,1H3,(H,17,18). The van der Waals surface area contributed by atoms with Crippen LogP contribution in [-0.4, -0.2) is 31.9 Å². The molecule has 1 heterocycles. The highest BCUT2D eigenvalue weighted by molar-refractivity contribution is 7.91. The van der Waals surface area contributed by atoms with Gasteiger partial charge in [0.1, 0.15) is 0 Å². The zero-order valence-corrected chi connectivity index (χ0v) is 13.0. The van der Waals surface area contributed by atoms with Crippen LogP contribution in [0.5, 0.6) is 0 Å². The van der Waals surface area contributed by atoms with E-state index in [1.165, 1.54) is 0 Å². The van der Waals surface area contributed by atoms with Crippen molar-refractivity contribution in [1.29, 1.82) is 0 Å². The van der Waals surface area contributed by atoms with Crippen molar-refractivity contribution in [3.8, 4) is 0 Å². The number of nitrogens with one attached hydrogen (secondary N) is 1. The van der Waals surface area contributed by atoms with E-state index >= 15 is 0 Å². The zero-order valence-electron chi connectivity index (χ0n) is 12.2. The van der Waals surface area contributed by atoms with Crippen LogP contribution < -0.4 is 11.1 Å². The molecule has 1 saturated heterocycles. The molecule has 6 heteroatoms. The number of amides is 1. The van der Waals surface area contributed by atoms with Gasteiger partial charge in [-0.05, 0) is 18.4 Å². The molecule has 1 aliphatic heterocycles. The summed E-state index contributed by atoms with van der Waals surface area (Å²) >= 11 is 0. The van der Waals surface area contributed by atoms with Gasteiger partial charge in [-0.3, -0.25) is 4.79 Å². The van der Waals surface area contributed by atoms with Gasteiger partial charge in [-0.1, -0.05) is 37.3 Å². The summed E-state index contributed by atoms with van der Waals surface area (Å²) in [6.45, 7) is 1.77. The Labute approximate surface area is 125 Å². The summed E-state index contributed by atoms with van der Waals surface area (Å²) in [6, 6.07) is 8.75. The van der Waals surface area contributed by atoms with Crippen molar-refractivity contribution in [3.63, 3.8) is 0 Å². The van der Waals surface area contributed by atoms with Gasteiger partial charge in [-0.25, -0.2) is 8.42 Å². The number of hydrogen-bond acceptors (Lipinski definition) is 4. The molecule has 0 saturated carbocycles. The Hall–Kier alpha value is -1.40. The first-order valence-electron chi connectivity index (χ1n) is 7.20. The lowest BCUT2D eigenvalue weighted by Gasteiger charge is -2.26. The molecule has 5 nitrogen and oxygen atoms in total. The van der Waals surface area contributed by atoms with Crippen LogP contribution in [0.4, 0.5) is 0 Å². The third-order valence-electron chi connectivity index (χ3n) is 3.95. The Morgan fingerprint density at radius 3 is 2.62 bits per heavy atom. The lowest BCUT2D eigenvalue weighted by molar-refractivity contribution is -0.125. The quantitative estimate of drug-likeness (QED) is 0.869. The fraction of sp³-hybridized carbons (Fsp3) is 0.533. The Morgan fingerprint density at radius 1 is 1.33 bits per heavy atom. The molecule has 0 aromatic heterocycles. The van der Waals surface area contributed by atoms with Crippen LogP contribution in [0, 0.1) is 5.92 Å². The van der Waals surface area contributed by atoms with Crippen molar-refractivity contribution in [1.82, 2.24) is 5.32 Å². The van der Waals surface area contributed by atoms with Crippen molar-refractivity contribution in [3.05, 3.63) is 35.9 Å². The van der Waals surface area contributed by atoms with Crippen LogP contribution in [0.1, 0.15) is 31.4 Å². The van der Waals surface area contributed by atoms with Crippen LogP contribution in [0.25, 0.3) is 0 Å². The predicted octanol–water partition coefficient (Wildman–Crippen LogP) is 1.02. The number of nitrogens with two attached hydrogens (primary N) is 1. The molecule has 2 rings (SSSR count). The third-order valence-corrected chi connectivity index (χ3v) is 5.77. The molecular weight excluding hydrogens is 288 g/mol. The molecule has 3 atom stereocenters. The molecule has 1 aromatic rings. The average molecular weight is 310 g/mol. The molecule has 1 amide bonds. The molecule has 1 fully saturated rings. The fourth-order valence-corrected chi connectivity index (χ4v) is 4.23. The number of carbonyl (C=O) groups is 1. The minimum atomic E-state index is -3.02. The van der Waals surface area contributed by atoms with E-state index in [1.807, 2.05) is 30.3 Å². The molecule has 3 unspecified atom stereocenters. The summed E-state index contributed by atoms with van der Waals surface area (Å²) in [5, 5.41) is 2.83. The van der Waals surface area contributed by atoms with Gasteiger partial charge in [0.25, 0.3) is 0 Å². The Balaban J connectivity index is 1.96. The van der Waals surface area contributed by atoms with E-state index in [1.54, 1.807) is 6.92 Å². The molecule has 1 aliphatic rings. The summed E-state index contributed by atoms with van der Waals surface area (Å²) in [6.07, 6.45) is 1.31. The topological polar surface area (TPSA) is 89.3 Å². The van der Waals surface area contributed by atoms with Gasteiger partial charge in [-0.2, -0.15) is 0 Å². The zero-order chi connectivity index (χ0) is 15.5. The maximum absolute atomic E-state index is 12.3. The lowest BCUT2D eigenvalue weighted by atomic mass is 9.94. The third kappa shape index (κ3) is 4.28. The first-order valence-corrected chi connectivity index (χ1v) is 9.02. The van der Waals surface area contributed by atoms with Crippen molar-refractivity contribution in [2.75, 3.05) is 11.5 Å². The van der Waals surface area contributed by atoms with Crippen molar-refractivity contribution >= 4 is 15.7 Å². The second-order valence-electron chi connectivity index (χ2n) is 5.69. The van der Waals surface area contributed by atoms with Gasteiger partial charge < -0.3 is 11.1 Å². The van der Waals surface area contributed by atoms with Crippen molar-refractivity contribution < 1.29 is 13.2 Å². The smallest absolute Gasteiger partial charge is 0.224 e. The van der Waals surface area contributed by atoms with Crippen molar-refractivity contribution in [2.45, 2.75) is 31.8 Å². The molecule has 0 aliphatic carbocycles. The van der Waals surface area contributed by atoms with E-state index in [0.717, 1.165) is 5.56 Å². The monoisotopic (exact) mass is 310 g/mol. The predicted molar refractivity (Wildman–Crippen MR) is 82.4 cm³/mol. The molecule has 1 aromatic carbocycles. The highest BCUT2D eigenvalue weighted by atomic mass is 32.2. The summed E-state index contributed by atoms with van der Waals surface area (Å²) in [5.74, 6) is -0.338. The van der Waals surface area contributed by atoms with E-state index in [9.17, 15) is 13.2 Å². The van der Waals surface area contributed by atoms with E-state index in [-0.39, 0.29) is 23.5 Å². The first-order chi connectivity index (χ1) is 9.89. The highest BCUT2D eigenvalue weighted by Crippen LogP contribution is 2.20. The first kappa shape index (κ1) is 16.0. The molecule has 3 N–H and O–H groups in total. The SMILES string of the molecule is CC(C(=O)NC1CCCS(=O)(=O)C1)C(N)c1ccccc1. The van der Waals surface area contributed by atoms with Crippen LogP contribution >= 0.6 is 0 Å². The molecule has 0 spiro atoms. The minimum absolute atomic E-state index is 0.0338. The van der Waals surface area contributed by atoms with Gasteiger partial charge >= 0.3 is 0 Å². The van der Waals surface area contributed by atoms with E-state index < -0.39 is 21.8 Å². The molecule has 0 bridgehead atoms. The minimum Gasteiger partial charge on any atom is -0.352 e. The summed E-state index contributed by atoms with van der Waals surface area (Å²) in [7, 11) is -3.02. The van der Waals surface area contributed by atoms with Crippen molar-refractivity contribution in [2.24, 2.45) is 11.7 Å². The van der Waals surface area contributed by atoms with Gasteiger partial charge in [0, 0.05) is 12.1 Å². The van der Waals surface area contributed by atoms with Gasteiger partial charge in [-0.15, -0.1) is 0 Å². The van der Waals surface area contributed by atoms with Crippen LogP contribution in [0.3, 0.4) is 0 Å². The fourth-order valence-electron chi connectivity index (χ4n) is 2.60. The maximum Gasteiger partial charge on any atom is 0.224 e. The average Bonchev–Trinajstić information content (AvgIpc) is 2.45. The molecule has 116 valence electrons. The van der Waals surface area contributed by atoms with Crippen LogP contribution in [-0.2, 0) is 14.6 Å². The summed E-state index contributed by atoms with van der Waals surface area (Å²) < 4.78 is 23.2. The van der Waals surface area contributed by atoms with E-state index in [0.29, 0.717) is 12.8 Å². The summed E-state index contributed by atoms with van der Waals surface area (Å²) in [4.78, 5) is 12.3. The lowest BCUT2D eigenvalue weighted by Crippen LogP contribution is -2.46. The molecule has 0 radical (unpaired) electrons. The van der Waals surface area contributed by atoms with E-state index in [4.69, 9.17) is 5.73 Å². The number of benzene rings is 1. The number of rotatable bonds is 4. The normalized spacial score (nSPS) is 24.0. The van der Waals surface area contributed by atoms with Gasteiger partial charge in [0.05, 0.1) is 17.4 Å². The van der Waals surface area contributed by atoms with Gasteiger partial charge in [0.2, 0.25) is 5.91 Å². The van der Waals surface area contributed by atoms with Crippen LogP contribution in [0.15, 0.2) is 30.3 Å². The largest absolute Gasteiger partial charge is 0.352 e. The second-order valence-corrected chi connectivity index (χ2v) is 7.92.